The normalized spacial score (nSPS) is 15.0. The van der Waals surface area contributed by atoms with Crippen LogP contribution in [0.2, 0.25) is 0 Å². The Bertz CT molecular complexity index is 944. The molecule has 4 nitrogen and oxygen atoms in total. The second-order valence-corrected chi connectivity index (χ2v) is 8.60. The molecule has 26 heavy (non-hydrogen) atoms. The molecule has 2 aromatic heterocycles. The maximum atomic E-state index is 13.1. The Balaban J connectivity index is 1.49. The predicted octanol–water partition coefficient (Wildman–Crippen LogP) is 5.08. The highest BCUT2D eigenvalue weighted by Gasteiger charge is 2.28. The summed E-state index contributed by atoms with van der Waals surface area (Å²) in [6.45, 7) is 3.88. The van der Waals surface area contributed by atoms with Crippen LogP contribution in [0.5, 0.6) is 0 Å². The van der Waals surface area contributed by atoms with Crippen molar-refractivity contribution >= 4 is 28.6 Å². The van der Waals surface area contributed by atoms with E-state index in [1.54, 1.807) is 18.3 Å². The summed E-state index contributed by atoms with van der Waals surface area (Å²) >= 11 is 3.01. The highest BCUT2D eigenvalue weighted by Crippen LogP contribution is 2.41. The Morgan fingerprint density at radius 1 is 1.27 bits per heavy atom. The van der Waals surface area contributed by atoms with E-state index >= 15 is 0 Å². The number of nitrogens with zero attached hydrogens (tertiary/aromatic N) is 2. The lowest BCUT2D eigenvalue weighted by Crippen LogP contribution is -2.25. The number of thiazole rings is 2. The van der Waals surface area contributed by atoms with Gasteiger partial charge in [0.1, 0.15) is 15.7 Å². The Morgan fingerprint density at radius 2 is 2.00 bits per heavy atom. The lowest BCUT2D eigenvalue weighted by atomic mass is 10.2. The fourth-order valence-corrected chi connectivity index (χ4v) is 4.83. The number of hydrogen-bond donors (Lipinski definition) is 1. The van der Waals surface area contributed by atoms with Gasteiger partial charge in [-0.2, -0.15) is 0 Å². The molecule has 1 aromatic carbocycles. The molecule has 1 aliphatic carbocycles. The molecule has 1 atom stereocenters. The Morgan fingerprint density at radius 3 is 2.69 bits per heavy atom. The van der Waals surface area contributed by atoms with Crippen molar-refractivity contribution in [2.45, 2.75) is 38.6 Å². The zero-order chi connectivity index (χ0) is 18.3. The minimum absolute atomic E-state index is 0.0990. The van der Waals surface area contributed by atoms with Crippen molar-refractivity contribution in [1.82, 2.24) is 15.3 Å². The van der Waals surface area contributed by atoms with Crippen LogP contribution in [0.4, 0.5) is 4.39 Å². The highest BCUT2D eigenvalue weighted by atomic mass is 32.1. The van der Waals surface area contributed by atoms with Crippen LogP contribution in [0.1, 0.15) is 57.0 Å². The second-order valence-electron chi connectivity index (χ2n) is 6.51. The van der Waals surface area contributed by atoms with Gasteiger partial charge in [0.2, 0.25) is 0 Å². The second kappa shape index (κ2) is 6.89. The van der Waals surface area contributed by atoms with Crippen LogP contribution in [0.25, 0.3) is 10.6 Å². The zero-order valence-electron chi connectivity index (χ0n) is 14.5. The zero-order valence-corrected chi connectivity index (χ0v) is 16.1. The van der Waals surface area contributed by atoms with E-state index in [-0.39, 0.29) is 17.8 Å². The summed E-state index contributed by atoms with van der Waals surface area (Å²) in [6, 6.07) is 6.14. The number of amides is 1. The van der Waals surface area contributed by atoms with Crippen LogP contribution >= 0.6 is 22.7 Å². The van der Waals surface area contributed by atoms with Gasteiger partial charge >= 0.3 is 0 Å². The molecule has 0 bridgehead atoms. The number of benzene rings is 1. The van der Waals surface area contributed by atoms with Gasteiger partial charge in [0, 0.05) is 11.5 Å². The van der Waals surface area contributed by atoms with E-state index in [9.17, 15) is 9.18 Å². The molecular weight excluding hydrogens is 369 g/mol. The smallest absolute Gasteiger partial charge is 0.263 e. The Hall–Kier alpha value is -2.12. The van der Waals surface area contributed by atoms with Crippen molar-refractivity contribution in [2.24, 2.45) is 0 Å². The van der Waals surface area contributed by atoms with Gasteiger partial charge in [-0.1, -0.05) is 0 Å². The first-order chi connectivity index (χ1) is 12.5. The molecule has 1 aliphatic rings. The molecular formula is C19H18FN3OS2. The summed E-state index contributed by atoms with van der Waals surface area (Å²) in [4.78, 5) is 23.1. The van der Waals surface area contributed by atoms with Gasteiger partial charge in [0.05, 0.1) is 27.8 Å². The van der Waals surface area contributed by atoms with E-state index in [0.29, 0.717) is 10.8 Å². The molecule has 1 unspecified atom stereocenters. The van der Waals surface area contributed by atoms with Crippen molar-refractivity contribution in [3.05, 3.63) is 56.7 Å². The molecule has 2 heterocycles. The van der Waals surface area contributed by atoms with Gasteiger partial charge in [-0.05, 0) is 51.0 Å². The van der Waals surface area contributed by atoms with Gasteiger partial charge in [0.25, 0.3) is 5.91 Å². The number of aryl methyl sites for hydroxylation is 1. The fourth-order valence-electron chi connectivity index (χ4n) is 2.77. The summed E-state index contributed by atoms with van der Waals surface area (Å²) in [6.07, 6.45) is 4.03. The third kappa shape index (κ3) is 3.54. The number of nitrogens with one attached hydrogen (secondary N) is 1. The Labute approximate surface area is 159 Å². The van der Waals surface area contributed by atoms with Crippen LogP contribution in [0.15, 0.2) is 30.5 Å². The van der Waals surface area contributed by atoms with Crippen molar-refractivity contribution in [3.63, 3.8) is 0 Å². The van der Waals surface area contributed by atoms with E-state index in [4.69, 9.17) is 0 Å². The minimum Gasteiger partial charge on any atom is -0.344 e. The molecule has 4 rings (SSSR count). The molecule has 0 aliphatic heterocycles. The summed E-state index contributed by atoms with van der Waals surface area (Å²) in [5, 5.41) is 4.93. The van der Waals surface area contributed by atoms with Gasteiger partial charge in [-0.25, -0.2) is 14.4 Å². The maximum Gasteiger partial charge on any atom is 0.263 e. The molecule has 0 saturated heterocycles. The SMILES string of the molecule is Cc1nc(-c2ccc(F)cc2)sc1C(C)NC(=O)c1cnc(C2CC2)s1. The molecule has 0 radical (unpaired) electrons. The standard InChI is InChI=1S/C19H18FN3OS2/c1-10(22-17(24)15-9-21-18(25-15)12-3-4-12)16-11(2)23-19(26-16)13-5-7-14(20)8-6-13/h5-10,12H,3-4H2,1-2H3,(H,22,24). The van der Waals surface area contributed by atoms with Gasteiger partial charge in [0.15, 0.2) is 0 Å². The van der Waals surface area contributed by atoms with Crippen molar-refractivity contribution in [1.29, 1.82) is 0 Å². The maximum absolute atomic E-state index is 13.1. The number of carbonyl (C=O) groups is 1. The van der Waals surface area contributed by atoms with E-state index in [1.165, 1.54) is 47.6 Å². The van der Waals surface area contributed by atoms with Crippen molar-refractivity contribution in [2.75, 3.05) is 0 Å². The Kier molecular flexibility index (Phi) is 4.58. The molecule has 1 amide bonds. The largest absolute Gasteiger partial charge is 0.344 e. The monoisotopic (exact) mass is 387 g/mol. The summed E-state index contributed by atoms with van der Waals surface area (Å²) in [5.41, 5.74) is 1.76. The molecule has 134 valence electrons. The average Bonchev–Trinajstić information content (AvgIpc) is 3.21. The first-order valence-corrected chi connectivity index (χ1v) is 10.1. The van der Waals surface area contributed by atoms with Crippen molar-refractivity contribution in [3.8, 4) is 10.6 Å². The van der Waals surface area contributed by atoms with Crippen LogP contribution in [-0.4, -0.2) is 15.9 Å². The van der Waals surface area contributed by atoms with E-state index in [0.717, 1.165) is 26.1 Å². The fraction of sp³-hybridized carbons (Fsp3) is 0.316. The minimum atomic E-state index is -0.266. The lowest BCUT2D eigenvalue weighted by molar-refractivity contribution is 0.0944. The summed E-state index contributed by atoms with van der Waals surface area (Å²) in [7, 11) is 0. The topological polar surface area (TPSA) is 54.9 Å². The van der Waals surface area contributed by atoms with Crippen LogP contribution in [0, 0.1) is 12.7 Å². The first kappa shape index (κ1) is 17.3. The first-order valence-electron chi connectivity index (χ1n) is 8.51. The summed E-state index contributed by atoms with van der Waals surface area (Å²) in [5.74, 6) is 0.192. The molecule has 3 aromatic rings. The van der Waals surface area contributed by atoms with E-state index < -0.39 is 0 Å². The predicted molar refractivity (Wildman–Crippen MR) is 102 cm³/mol. The average molecular weight is 388 g/mol. The van der Waals surface area contributed by atoms with Gasteiger partial charge < -0.3 is 5.32 Å². The third-order valence-electron chi connectivity index (χ3n) is 4.34. The molecule has 0 spiro atoms. The quantitative estimate of drug-likeness (QED) is 0.664. The number of halogens is 1. The number of rotatable bonds is 5. The van der Waals surface area contributed by atoms with Gasteiger partial charge in [-0.3, -0.25) is 4.79 Å². The number of aromatic nitrogens is 2. The van der Waals surface area contributed by atoms with E-state index in [2.05, 4.69) is 15.3 Å². The van der Waals surface area contributed by atoms with Crippen molar-refractivity contribution < 1.29 is 9.18 Å². The molecule has 7 heteroatoms. The summed E-state index contributed by atoms with van der Waals surface area (Å²) < 4.78 is 13.1. The number of carbonyl (C=O) groups excluding carboxylic acids is 1. The van der Waals surface area contributed by atoms with E-state index in [1.807, 2.05) is 13.8 Å². The number of hydrogen-bond acceptors (Lipinski definition) is 5. The highest BCUT2D eigenvalue weighted by molar-refractivity contribution is 7.15. The van der Waals surface area contributed by atoms with Crippen LogP contribution in [-0.2, 0) is 0 Å². The van der Waals surface area contributed by atoms with Crippen LogP contribution in [0.3, 0.4) is 0 Å². The van der Waals surface area contributed by atoms with Gasteiger partial charge in [-0.15, -0.1) is 22.7 Å². The molecule has 1 saturated carbocycles. The third-order valence-corrected chi connectivity index (χ3v) is 6.89. The molecule has 1 fully saturated rings. The lowest BCUT2D eigenvalue weighted by Gasteiger charge is -2.11. The van der Waals surface area contributed by atoms with Crippen LogP contribution < -0.4 is 5.32 Å². The molecule has 1 N–H and O–H groups in total.